The molecule has 0 aliphatic rings. The van der Waals surface area contributed by atoms with E-state index < -0.39 is 28.9 Å². The monoisotopic (exact) mass is 534 g/mol. The van der Waals surface area contributed by atoms with E-state index in [0.29, 0.717) is 23.5 Å². The lowest BCUT2D eigenvalue weighted by molar-refractivity contribution is -0.137. The average Bonchev–Trinajstić information content (AvgIpc) is 3.23. The molecule has 0 aliphatic carbocycles. The van der Waals surface area contributed by atoms with E-state index in [1.54, 1.807) is 19.9 Å². The molecular formula is C22H27ClF4N6OS. The summed E-state index contributed by atoms with van der Waals surface area (Å²) in [6.45, 7) is 7.70. The summed E-state index contributed by atoms with van der Waals surface area (Å²) in [5.41, 5.74) is -2.52. The van der Waals surface area contributed by atoms with Crippen LogP contribution in [0.15, 0.2) is 41.7 Å². The molecule has 3 aromatic rings. The van der Waals surface area contributed by atoms with Gasteiger partial charge in [0.25, 0.3) is 0 Å². The third-order valence-corrected chi connectivity index (χ3v) is 5.15. The van der Waals surface area contributed by atoms with Gasteiger partial charge in [0, 0.05) is 35.3 Å². The highest BCUT2D eigenvalue weighted by Gasteiger charge is 2.36. The second kappa shape index (κ2) is 12.5. The Labute approximate surface area is 210 Å². The highest BCUT2D eigenvalue weighted by molar-refractivity contribution is 7.97. The molecule has 0 saturated heterocycles. The Morgan fingerprint density at radius 1 is 1.17 bits per heavy atom. The van der Waals surface area contributed by atoms with E-state index in [9.17, 15) is 22.7 Å². The number of benzene rings is 1. The highest BCUT2D eigenvalue weighted by atomic mass is 35.5. The van der Waals surface area contributed by atoms with Gasteiger partial charge in [-0.3, -0.25) is 9.40 Å². The maximum Gasteiger partial charge on any atom is 0.419 e. The van der Waals surface area contributed by atoms with Crippen molar-refractivity contribution in [1.29, 1.82) is 0 Å². The van der Waals surface area contributed by atoms with Crippen LogP contribution in [0.25, 0.3) is 11.3 Å². The van der Waals surface area contributed by atoms with Gasteiger partial charge in [-0.25, -0.2) is 14.4 Å². The Morgan fingerprint density at radius 2 is 1.89 bits per heavy atom. The first-order valence-electron chi connectivity index (χ1n) is 10.7. The molecule has 0 atom stereocenters. The molecule has 192 valence electrons. The summed E-state index contributed by atoms with van der Waals surface area (Å²) in [6.07, 6.45) is -1.52. The van der Waals surface area contributed by atoms with Crippen molar-refractivity contribution in [2.75, 3.05) is 17.7 Å². The standard InChI is InChI=1S/C20H21ClF4N6OS.C2H6/c1-19(2,32)11-31-10-12(8-27-31)17-14(20(23,24)25)9-26-18(30-17)29-16-4-3-13(7-15(16)22)33-28-6-5-21;1-2/h3-4,7-10,28,32H,5-6,11H2,1-2H3,(H,26,29,30);1-2H3. The number of hydrogen-bond donors (Lipinski definition) is 3. The van der Waals surface area contributed by atoms with Crippen molar-refractivity contribution in [2.45, 2.75) is 50.9 Å². The fourth-order valence-electron chi connectivity index (χ4n) is 2.79. The smallest absolute Gasteiger partial charge is 0.389 e. The van der Waals surface area contributed by atoms with Gasteiger partial charge in [-0.15, -0.1) is 11.6 Å². The molecule has 2 aromatic heterocycles. The lowest BCUT2D eigenvalue weighted by atomic mass is 10.1. The molecule has 35 heavy (non-hydrogen) atoms. The second-order valence-corrected chi connectivity index (χ2v) is 8.99. The van der Waals surface area contributed by atoms with E-state index in [1.165, 1.54) is 41.2 Å². The van der Waals surface area contributed by atoms with Crippen LogP contribution in [0.1, 0.15) is 33.3 Å². The number of rotatable bonds is 9. The minimum absolute atomic E-state index is 0.000118. The number of anilines is 2. The molecule has 2 heterocycles. The summed E-state index contributed by atoms with van der Waals surface area (Å²) in [6, 6.07) is 4.32. The van der Waals surface area contributed by atoms with Crippen LogP contribution in [0.3, 0.4) is 0 Å². The molecular weight excluding hydrogens is 508 g/mol. The van der Waals surface area contributed by atoms with Gasteiger partial charge >= 0.3 is 6.18 Å². The molecule has 3 N–H and O–H groups in total. The van der Waals surface area contributed by atoms with Gasteiger partial charge < -0.3 is 10.4 Å². The summed E-state index contributed by atoms with van der Waals surface area (Å²) in [4.78, 5) is 8.28. The summed E-state index contributed by atoms with van der Waals surface area (Å²) in [5.74, 6) is -0.442. The molecule has 0 aliphatic heterocycles. The van der Waals surface area contributed by atoms with Gasteiger partial charge in [0.15, 0.2) is 0 Å². The zero-order valence-corrected chi connectivity index (χ0v) is 21.2. The van der Waals surface area contributed by atoms with Crippen molar-refractivity contribution in [2.24, 2.45) is 0 Å². The summed E-state index contributed by atoms with van der Waals surface area (Å²) in [5, 5.41) is 16.5. The molecule has 0 bridgehead atoms. The Kier molecular flexibility index (Phi) is 10.3. The minimum Gasteiger partial charge on any atom is -0.389 e. The Bertz CT molecular complexity index is 1100. The molecule has 0 saturated carbocycles. The fraction of sp³-hybridized carbons (Fsp3) is 0.409. The fourth-order valence-corrected chi connectivity index (χ4v) is 3.67. The predicted molar refractivity (Wildman–Crippen MR) is 130 cm³/mol. The average molecular weight is 535 g/mol. The molecule has 0 radical (unpaired) electrons. The molecule has 0 spiro atoms. The lowest BCUT2D eigenvalue weighted by Crippen LogP contribution is -2.26. The summed E-state index contributed by atoms with van der Waals surface area (Å²) < 4.78 is 59.5. The number of hydrogen-bond acceptors (Lipinski definition) is 7. The number of alkyl halides is 4. The molecule has 3 rings (SSSR count). The first-order valence-corrected chi connectivity index (χ1v) is 12.0. The van der Waals surface area contributed by atoms with Crippen molar-refractivity contribution < 1.29 is 22.7 Å². The van der Waals surface area contributed by atoms with Crippen LogP contribution in [0.5, 0.6) is 0 Å². The number of nitrogens with one attached hydrogen (secondary N) is 2. The van der Waals surface area contributed by atoms with Crippen molar-refractivity contribution in [1.82, 2.24) is 24.5 Å². The number of aromatic nitrogens is 4. The van der Waals surface area contributed by atoms with Crippen molar-refractivity contribution >= 4 is 35.2 Å². The van der Waals surface area contributed by atoms with Crippen LogP contribution in [0.2, 0.25) is 0 Å². The number of nitrogens with zero attached hydrogens (tertiary/aromatic N) is 4. The third-order valence-electron chi connectivity index (χ3n) is 4.12. The van der Waals surface area contributed by atoms with Crippen molar-refractivity contribution in [3.05, 3.63) is 48.2 Å². The van der Waals surface area contributed by atoms with E-state index >= 15 is 0 Å². The molecule has 13 heteroatoms. The van der Waals surface area contributed by atoms with Gasteiger partial charge in [0.2, 0.25) is 5.95 Å². The van der Waals surface area contributed by atoms with Crippen molar-refractivity contribution in [3.63, 3.8) is 0 Å². The van der Waals surface area contributed by atoms with E-state index in [4.69, 9.17) is 11.6 Å². The van der Waals surface area contributed by atoms with Crippen LogP contribution >= 0.6 is 23.5 Å². The zero-order valence-electron chi connectivity index (χ0n) is 19.6. The van der Waals surface area contributed by atoms with Crippen LogP contribution in [0, 0.1) is 5.82 Å². The van der Waals surface area contributed by atoms with Crippen LogP contribution < -0.4 is 10.0 Å². The summed E-state index contributed by atoms with van der Waals surface area (Å²) in [7, 11) is 0. The Hall–Kier alpha value is -2.41. The molecule has 0 fully saturated rings. The van der Waals surface area contributed by atoms with E-state index in [0.717, 1.165) is 0 Å². The van der Waals surface area contributed by atoms with Gasteiger partial charge in [0.1, 0.15) is 11.4 Å². The Morgan fingerprint density at radius 3 is 2.49 bits per heavy atom. The topological polar surface area (TPSA) is 87.9 Å². The highest BCUT2D eigenvalue weighted by Crippen LogP contribution is 2.36. The largest absolute Gasteiger partial charge is 0.419 e. The normalized spacial score (nSPS) is 11.7. The van der Waals surface area contributed by atoms with Crippen LogP contribution in [-0.2, 0) is 12.7 Å². The van der Waals surface area contributed by atoms with Crippen LogP contribution in [-0.4, -0.2) is 42.9 Å². The summed E-state index contributed by atoms with van der Waals surface area (Å²) >= 11 is 6.78. The van der Waals surface area contributed by atoms with E-state index in [1.807, 2.05) is 13.8 Å². The van der Waals surface area contributed by atoms with Crippen molar-refractivity contribution in [3.8, 4) is 11.3 Å². The van der Waals surface area contributed by atoms with Gasteiger partial charge in [-0.2, -0.15) is 18.3 Å². The quantitative estimate of drug-likeness (QED) is 0.137. The number of halogens is 5. The predicted octanol–water partition coefficient (Wildman–Crippen LogP) is 5.87. The van der Waals surface area contributed by atoms with E-state index in [-0.39, 0.29) is 23.7 Å². The van der Waals surface area contributed by atoms with E-state index in [2.05, 4.69) is 25.1 Å². The molecule has 1 aromatic carbocycles. The maximum atomic E-state index is 14.5. The first-order chi connectivity index (χ1) is 16.5. The number of aliphatic hydroxyl groups is 1. The molecule has 0 unspecified atom stereocenters. The molecule has 7 nitrogen and oxygen atoms in total. The lowest BCUT2D eigenvalue weighted by Gasteiger charge is -2.16. The van der Waals surface area contributed by atoms with Crippen LogP contribution in [0.4, 0.5) is 29.2 Å². The third kappa shape index (κ3) is 8.64. The van der Waals surface area contributed by atoms with Gasteiger partial charge in [0.05, 0.1) is 29.7 Å². The maximum absolute atomic E-state index is 14.5. The van der Waals surface area contributed by atoms with Gasteiger partial charge in [-0.1, -0.05) is 13.8 Å². The first kappa shape index (κ1) is 28.8. The van der Waals surface area contributed by atoms with Gasteiger partial charge in [-0.05, 0) is 44.0 Å². The SMILES string of the molecule is CC.CC(C)(O)Cn1cc(-c2nc(Nc3ccc(SNCCCl)cc3F)ncc2C(F)(F)F)cn1. The zero-order chi connectivity index (χ0) is 26.2. The minimum atomic E-state index is -4.72. The second-order valence-electron chi connectivity index (χ2n) is 7.64. The molecule has 0 amide bonds. The Balaban J connectivity index is 0.00000210.